The smallest absolute Gasteiger partial charge is 0.171 e. The summed E-state index contributed by atoms with van der Waals surface area (Å²) < 4.78 is 23.9. The zero-order valence-electron chi connectivity index (χ0n) is 10.3. The van der Waals surface area contributed by atoms with Gasteiger partial charge in [0.1, 0.15) is 5.82 Å². The highest BCUT2D eigenvalue weighted by Gasteiger charge is 2.18. The Kier molecular flexibility index (Phi) is 3.08. The maximum Gasteiger partial charge on any atom is 0.171 e. The van der Waals surface area contributed by atoms with Gasteiger partial charge in [-0.3, -0.25) is 0 Å². The van der Waals surface area contributed by atoms with E-state index in [1.54, 1.807) is 12.1 Å². The third kappa shape index (κ3) is 2.39. The molecule has 1 aromatic heterocycles. The Hall–Kier alpha value is -2.08. The largest absolute Gasteiger partial charge is 0.381 e. The van der Waals surface area contributed by atoms with Gasteiger partial charge < -0.3 is 19.9 Å². The summed E-state index contributed by atoms with van der Waals surface area (Å²) in [5.41, 5.74) is 7.11. The van der Waals surface area contributed by atoms with Gasteiger partial charge in [-0.15, -0.1) is 0 Å². The average Bonchev–Trinajstić information content (AvgIpc) is 2.86. The monoisotopic (exact) mass is 263 g/mol. The number of hydrogen-bond donors (Lipinski definition) is 1. The second-order valence-electron chi connectivity index (χ2n) is 4.38. The highest BCUT2D eigenvalue weighted by Crippen LogP contribution is 2.32. The standard InChI is InChI=1S/C13H14FN3O2/c14-9-1-2-11(17-3-5-18-6-4-17)10(7-9)12-8-13(15)16-19-12/h1-2,7-8H,3-6H2,(H2,15,16). The molecule has 0 radical (unpaired) electrons. The highest BCUT2D eigenvalue weighted by molar-refractivity contribution is 5.76. The molecule has 2 N–H and O–H groups in total. The number of rotatable bonds is 2. The number of anilines is 2. The van der Waals surface area contributed by atoms with Crippen LogP contribution >= 0.6 is 0 Å². The van der Waals surface area contributed by atoms with Crippen molar-refractivity contribution < 1.29 is 13.7 Å². The van der Waals surface area contributed by atoms with Gasteiger partial charge in [0.25, 0.3) is 0 Å². The van der Waals surface area contributed by atoms with Gasteiger partial charge in [-0.05, 0) is 18.2 Å². The number of nitrogens with zero attached hydrogens (tertiary/aromatic N) is 2. The first-order chi connectivity index (χ1) is 9.24. The van der Waals surface area contributed by atoms with E-state index in [0.29, 0.717) is 24.5 Å². The van der Waals surface area contributed by atoms with E-state index in [1.807, 2.05) is 0 Å². The van der Waals surface area contributed by atoms with Crippen LogP contribution in [0.3, 0.4) is 0 Å². The molecule has 5 nitrogen and oxygen atoms in total. The fourth-order valence-electron chi connectivity index (χ4n) is 2.20. The Labute approximate surface area is 109 Å². The Bertz CT molecular complexity index is 579. The van der Waals surface area contributed by atoms with E-state index in [1.165, 1.54) is 12.1 Å². The lowest BCUT2D eigenvalue weighted by Gasteiger charge is -2.30. The average molecular weight is 263 g/mol. The molecule has 2 aromatic rings. The van der Waals surface area contributed by atoms with Crippen LogP contribution in [0.15, 0.2) is 28.8 Å². The normalized spacial score (nSPS) is 15.7. The maximum absolute atomic E-state index is 13.5. The fraction of sp³-hybridized carbons (Fsp3) is 0.308. The van der Waals surface area contributed by atoms with E-state index in [4.69, 9.17) is 15.0 Å². The predicted octanol–water partition coefficient (Wildman–Crippen LogP) is 1.90. The minimum atomic E-state index is -0.318. The van der Waals surface area contributed by atoms with Crippen molar-refractivity contribution in [2.75, 3.05) is 36.9 Å². The molecule has 100 valence electrons. The number of hydrogen-bond acceptors (Lipinski definition) is 5. The number of halogens is 1. The van der Waals surface area contributed by atoms with Crippen LogP contribution in [0, 0.1) is 5.82 Å². The van der Waals surface area contributed by atoms with Crippen molar-refractivity contribution in [2.45, 2.75) is 0 Å². The first kappa shape index (κ1) is 12.0. The van der Waals surface area contributed by atoms with E-state index in [9.17, 15) is 4.39 Å². The first-order valence-electron chi connectivity index (χ1n) is 6.09. The minimum Gasteiger partial charge on any atom is -0.381 e. The lowest BCUT2D eigenvalue weighted by Crippen LogP contribution is -2.36. The van der Waals surface area contributed by atoms with Crippen molar-refractivity contribution in [3.8, 4) is 11.3 Å². The van der Waals surface area contributed by atoms with E-state index < -0.39 is 0 Å². The first-order valence-corrected chi connectivity index (χ1v) is 6.09. The van der Waals surface area contributed by atoms with Crippen molar-refractivity contribution in [1.29, 1.82) is 0 Å². The molecule has 1 fully saturated rings. The summed E-state index contributed by atoms with van der Waals surface area (Å²) in [6, 6.07) is 6.21. The van der Waals surface area contributed by atoms with E-state index in [-0.39, 0.29) is 11.6 Å². The molecule has 1 aromatic carbocycles. The van der Waals surface area contributed by atoms with Crippen molar-refractivity contribution in [3.05, 3.63) is 30.1 Å². The quantitative estimate of drug-likeness (QED) is 0.896. The van der Waals surface area contributed by atoms with Crippen molar-refractivity contribution in [2.24, 2.45) is 0 Å². The summed E-state index contributed by atoms with van der Waals surface area (Å²) in [5, 5.41) is 3.65. The SMILES string of the molecule is Nc1cc(-c2cc(F)ccc2N2CCOCC2)on1. The molecule has 0 bridgehead atoms. The number of benzene rings is 1. The van der Waals surface area contributed by atoms with Crippen LogP contribution in [0.2, 0.25) is 0 Å². The number of nitrogen functional groups attached to an aromatic ring is 1. The van der Waals surface area contributed by atoms with Crippen LogP contribution in [-0.4, -0.2) is 31.5 Å². The number of morpholine rings is 1. The van der Waals surface area contributed by atoms with E-state index in [0.717, 1.165) is 18.8 Å². The van der Waals surface area contributed by atoms with Gasteiger partial charge in [-0.1, -0.05) is 5.16 Å². The lowest BCUT2D eigenvalue weighted by atomic mass is 10.1. The molecule has 6 heteroatoms. The molecular formula is C13H14FN3O2. The maximum atomic E-state index is 13.5. The Morgan fingerprint density at radius 1 is 1.21 bits per heavy atom. The van der Waals surface area contributed by atoms with Crippen molar-refractivity contribution in [3.63, 3.8) is 0 Å². The van der Waals surface area contributed by atoms with Crippen molar-refractivity contribution in [1.82, 2.24) is 5.16 Å². The molecule has 2 heterocycles. The molecule has 0 atom stereocenters. The zero-order valence-corrected chi connectivity index (χ0v) is 10.3. The molecular weight excluding hydrogens is 249 g/mol. The van der Waals surface area contributed by atoms with E-state index in [2.05, 4.69) is 10.1 Å². The topological polar surface area (TPSA) is 64.5 Å². The van der Waals surface area contributed by atoms with Gasteiger partial charge in [0.2, 0.25) is 0 Å². The van der Waals surface area contributed by atoms with Crippen LogP contribution < -0.4 is 10.6 Å². The molecule has 1 aliphatic rings. The summed E-state index contributed by atoms with van der Waals surface area (Å²) >= 11 is 0. The van der Waals surface area contributed by atoms with Crippen LogP contribution in [0.5, 0.6) is 0 Å². The molecule has 0 saturated carbocycles. The van der Waals surface area contributed by atoms with Crippen molar-refractivity contribution >= 4 is 11.5 Å². The molecule has 0 spiro atoms. The van der Waals surface area contributed by atoms with Crippen LogP contribution in [0.25, 0.3) is 11.3 Å². The second kappa shape index (κ2) is 4.89. The summed E-state index contributed by atoms with van der Waals surface area (Å²) in [5.74, 6) is 0.438. The van der Waals surface area contributed by atoms with Gasteiger partial charge in [-0.25, -0.2) is 4.39 Å². The van der Waals surface area contributed by atoms with Crippen LogP contribution in [-0.2, 0) is 4.74 Å². The molecule has 0 amide bonds. The van der Waals surface area contributed by atoms with Gasteiger partial charge >= 0.3 is 0 Å². The van der Waals surface area contributed by atoms with Gasteiger partial charge in [-0.2, -0.15) is 0 Å². The summed E-state index contributed by atoms with van der Waals surface area (Å²) in [6.45, 7) is 2.86. The summed E-state index contributed by atoms with van der Waals surface area (Å²) in [6.07, 6.45) is 0. The molecule has 0 unspecified atom stereocenters. The van der Waals surface area contributed by atoms with Gasteiger partial charge in [0.15, 0.2) is 11.6 Å². The third-order valence-electron chi connectivity index (χ3n) is 3.10. The molecule has 0 aliphatic carbocycles. The fourth-order valence-corrected chi connectivity index (χ4v) is 2.20. The molecule has 3 rings (SSSR count). The van der Waals surface area contributed by atoms with E-state index >= 15 is 0 Å². The number of aromatic nitrogens is 1. The number of nitrogens with two attached hydrogens (primary N) is 1. The molecule has 19 heavy (non-hydrogen) atoms. The van der Waals surface area contributed by atoms with Gasteiger partial charge in [0, 0.05) is 30.4 Å². The zero-order chi connectivity index (χ0) is 13.2. The Balaban J connectivity index is 2.03. The highest BCUT2D eigenvalue weighted by atomic mass is 19.1. The third-order valence-corrected chi connectivity index (χ3v) is 3.10. The lowest BCUT2D eigenvalue weighted by molar-refractivity contribution is 0.122. The second-order valence-corrected chi connectivity index (χ2v) is 4.38. The van der Waals surface area contributed by atoms with Crippen LogP contribution in [0.4, 0.5) is 15.9 Å². The van der Waals surface area contributed by atoms with Crippen LogP contribution in [0.1, 0.15) is 0 Å². The molecule has 1 aliphatic heterocycles. The minimum absolute atomic E-state index is 0.284. The van der Waals surface area contributed by atoms with Gasteiger partial charge in [0.05, 0.1) is 13.2 Å². The summed E-state index contributed by atoms with van der Waals surface area (Å²) in [7, 11) is 0. The Morgan fingerprint density at radius 2 is 2.00 bits per heavy atom. The summed E-state index contributed by atoms with van der Waals surface area (Å²) in [4.78, 5) is 2.14. The predicted molar refractivity (Wildman–Crippen MR) is 69.3 cm³/mol. The Morgan fingerprint density at radius 3 is 2.68 bits per heavy atom. The molecule has 1 saturated heterocycles. The number of ether oxygens (including phenoxy) is 1.